The Labute approximate surface area is 501 Å². The molecule has 0 rings (SSSR count). The average Bonchev–Trinajstić information content (AvgIpc) is 3.30. The third-order valence-corrected chi connectivity index (χ3v) is 12.7. The van der Waals surface area contributed by atoms with Crippen molar-refractivity contribution in [2.75, 3.05) is 92.2 Å². The van der Waals surface area contributed by atoms with E-state index in [9.17, 15) is 43.2 Å². The third kappa shape index (κ3) is 27.6. The minimum Gasteiger partial charge on any atom is -0.463 e. The Balaban J connectivity index is 7.99. The molecule has 0 aromatic carbocycles. The minimum atomic E-state index is -1.79. The lowest BCUT2D eigenvalue weighted by molar-refractivity contribution is -0.161. The SMILES string of the molecule is CC(C)(Br)C(=O)OCC(C)(COC(=O)C(C)(C)Br)C(=O)NCC(CNC(=O)C(C)(COC(=O)C(C)(C)Br)COC(=O)C(C)(C)Br)(CNC(=O)C(C)(COC(=O)C(C)(C)Br)COC(=O)C(C)(C)Br)COCCOCCN=[N+]=[N-]. The Morgan fingerprint density at radius 1 is 0.377 bits per heavy atom. The van der Waals surface area contributed by atoms with E-state index in [1.807, 2.05) is 0 Å². The van der Waals surface area contributed by atoms with E-state index >= 15 is 0 Å². The molecule has 442 valence electrons. The molecule has 3 N–H and O–H groups in total. The maximum Gasteiger partial charge on any atom is 0.322 e. The highest BCUT2D eigenvalue weighted by atomic mass is 79.9. The van der Waals surface area contributed by atoms with Crippen LogP contribution in [0.5, 0.6) is 0 Å². The van der Waals surface area contributed by atoms with Crippen molar-refractivity contribution in [2.24, 2.45) is 26.8 Å². The Morgan fingerprint density at radius 2 is 0.597 bits per heavy atom. The van der Waals surface area contributed by atoms with Crippen molar-refractivity contribution in [3.05, 3.63) is 10.4 Å². The number of carbonyl (C=O) groups excluding carboxylic acids is 9. The zero-order valence-corrected chi connectivity index (χ0v) is 56.0. The monoisotopic (exact) mass is 1480 g/mol. The molecule has 0 saturated carbocycles. The van der Waals surface area contributed by atoms with E-state index in [0.717, 1.165) is 0 Å². The summed E-state index contributed by atoms with van der Waals surface area (Å²) >= 11 is 19.5. The van der Waals surface area contributed by atoms with E-state index in [0.29, 0.717) is 0 Å². The molecular formula is C48H76Br6N6O17. The van der Waals surface area contributed by atoms with Crippen LogP contribution in [0.3, 0.4) is 0 Å². The zero-order valence-electron chi connectivity index (χ0n) is 46.4. The van der Waals surface area contributed by atoms with E-state index in [1.54, 1.807) is 0 Å². The predicted molar refractivity (Wildman–Crippen MR) is 305 cm³/mol. The predicted octanol–water partition coefficient (Wildman–Crippen LogP) is 6.98. The highest BCUT2D eigenvalue weighted by Crippen LogP contribution is 2.30. The zero-order chi connectivity index (χ0) is 60.3. The molecule has 77 heavy (non-hydrogen) atoms. The van der Waals surface area contributed by atoms with Gasteiger partial charge in [0.05, 0.1) is 26.4 Å². The van der Waals surface area contributed by atoms with Gasteiger partial charge in [0.1, 0.15) is 81.8 Å². The van der Waals surface area contributed by atoms with E-state index in [2.05, 4.69) is 122 Å². The van der Waals surface area contributed by atoms with Crippen molar-refractivity contribution in [1.29, 1.82) is 0 Å². The lowest BCUT2D eigenvalue weighted by atomic mass is 9.84. The number of hydrogen-bond donors (Lipinski definition) is 3. The lowest BCUT2D eigenvalue weighted by Crippen LogP contribution is -2.59. The van der Waals surface area contributed by atoms with Crippen molar-refractivity contribution >= 4 is 149 Å². The fourth-order valence-electron chi connectivity index (χ4n) is 5.34. The van der Waals surface area contributed by atoms with Gasteiger partial charge in [-0.15, -0.1) is 0 Å². The molecule has 0 unspecified atom stereocenters. The van der Waals surface area contributed by atoms with Crippen LogP contribution < -0.4 is 16.0 Å². The van der Waals surface area contributed by atoms with E-state index in [-0.39, 0.29) is 26.4 Å². The van der Waals surface area contributed by atoms with Gasteiger partial charge in [0.15, 0.2) is 0 Å². The van der Waals surface area contributed by atoms with Crippen LogP contribution in [0.25, 0.3) is 10.4 Å². The summed E-state index contributed by atoms with van der Waals surface area (Å²) in [6, 6.07) is 0. The van der Waals surface area contributed by atoms with Crippen LogP contribution in [0, 0.1) is 21.7 Å². The number of azide groups is 1. The second-order valence-electron chi connectivity index (χ2n) is 22.1. The average molecular weight is 1490 g/mol. The topological polar surface area (TPSA) is 312 Å². The van der Waals surface area contributed by atoms with Gasteiger partial charge in [0.25, 0.3) is 0 Å². The summed E-state index contributed by atoms with van der Waals surface area (Å²) in [7, 11) is 0. The van der Waals surface area contributed by atoms with Gasteiger partial charge in [-0.3, -0.25) is 43.2 Å². The largest absolute Gasteiger partial charge is 0.463 e. The first-order chi connectivity index (χ1) is 34.7. The normalized spacial score (nSPS) is 13.0. The van der Waals surface area contributed by atoms with Crippen molar-refractivity contribution in [3.8, 4) is 0 Å². The summed E-state index contributed by atoms with van der Waals surface area (Å²) in [6.45, 7) is 16.8. The molecular weight excluding hydrogens is 1410 g/mol. The smallest absolute Gasteiger partial charge is 0.322 e. The number of carbonyl (C=O) groups is 9. The fraction of sp³-hybridized carbons (Fsp3) is 0.812. The second kappa shape index (κ2) is 31.0. The van der Waals surface area contributed by atoms with E-state index in [1.165, 1.54) is 104 Å². The lowest BCUT2D eigenvalue weighted by Gasteiger charge is -2.38. The van der Waals surface area contributed by atoms with Crippen molar-refractivity contribution in [3.63, 3.8) is 0 Å². The number of esters is 6. The molecule has 0 saturated heterocycles. The van der Waals surface area contributed by atoms with Crippen LogP contribution >= 0.6 is 95.6 Å². The quantitative estimate of drug-likeness (QED) is 0.0110. The fourth-order valence-corrected chi connectivity index (χ4v) is 6.03. The van der Waals surface area contributed by atoms with Gasteiger partial charge in [-0.25, -0.2) is 0 Å². The first-order valence-electron chi connectivity index (χ1n) is 23.9. The number of nitrogens with one attached hydrogen (secondary N) is 3. The van der Waals surface area contributed by atoms with E-state index < -0.39 is 167 Å². The summed E-state index contributed by atoms with van der Waals surface area (Å²) in [5.41, 5.74) is 1.66. The van der Waals surface area contributed by atoms with Gasteiger partial charge in [0, 0.05) is 36.5 Å². The highest BCUT2D eigenvalue weighted by Gasteiger charge is 2.46. The van der Waals surface area contributed by atoms with Gasteiger partial charge in [-0.05, 0) is 109 Å². The number of rotatable bonds is 35. The molecule has 0 aliphatic rings. The van der Waals surface area contributed by atoms with Gasteiger partial charge < -0.3 is 53.8 Å². The molecule has 0 heterocycles. The Hall–Kier alpha value is -2.66. The van der Waals surface area contributed by atoms with Crippen LogP contribution in [-0.2, 0) is 81.0 Å². The van der Waals surface area contributed by atoms with Crippen LogP contribution in [0.2, 0.25) is 0 Å². The molecule has 0 bridgehead atoms. The van der Waals surface area contributed by atoms with Crippen molar-refractivity contribution in [2.45, 2.75) is 130 Å². The third-order valence-electron chi connectivity index (χ3n) is 10.7. The van der Waals surface area contributed by atoms with E-state index in [4.69, 9.17) is 43.4 Å². The molecule has 0 aromatic heterocycles. The molecule has 23 nitrogen and oxygen atoms in total. The van der Waals surface area contributed by atoms with Crippen LogP contribution in [0.15, 0.2) is 5.11 Å². The molecule has 0 radical (unpaired) electrons. The van der Waals surface area contributed by atoms with Crippen LogP contribution in [0.4, 0.5) is 0 Å². The second-order valence-corrected chi connectivity index (χ2v) is 34.0. The Kier molecular flexibility index (Phi) is 29.9. The number of amides is 3. The number of nitrogens with zero attached hydrogens (tertiary/aromatic N) is 3. The molecule has 3 amide bonds. The summed E-state index contributed by atoms with van der Waals surface area (Å²) in [4.78, 5) is 125. The van der Waals surface area contributed by atoms with Gasteiger partial charge in [-0.2, -0.15) is 0 Å². The maximum atomic E-state index is 14.7. The van der Waals surface area contributed by atoms with Crippen molar-refractivity contribution in [1.82, 2.24) is 16.0 Å². The molecule has 0 aliphatic heterocycles. The number of hydrogen-bond acceptors (Lipinski definition) is 18. The standard InChI is InChI=1S/C48H76Br6N6O17/c1-39(2,49)33(64)72-23-45(13,24-73-34(65)40(3,4)50)30(61)56-20-48(29-71-19-18-70-17-16-59-60-55,21-57-31(62)46(14,25-74-35(66)41(5,6)51)26-75-36(67)42(7,8)52)22-58-32(63)47(15,27-76-37(68)43(9,10)53)28-77-38(69)44(11,12)54/h16-29H2,1-15H3,(H,56,61)(H,57,62)(H,58,63). The van der Waals surface area contributed by atoms with Gasteiger partial charge in [-0.1, -0.05) is 101 Å². The number of alkyl halides is 6. The molecule has 0 fully saturated rings. The Bertz CT molecular complexity index is 1820. The molecule has 29 heteroatoms. The molecule has 0 aliphatic carbocycles. The summed E-state index contributed by atoms with van der Waals surface area (Å²) in [5.74, 6) is -7.03. The van der Waals surface area contributed by atoms with Crippen LogP contribution in [-0.4, -0.2) is 172 Å². The summed E-state index contributed by atoms with van der Waals surface area (Å²) < 4.78 is 37.9. The van der Waals surface area contributed by atoms with Crippen molar-refractivity contribution < 1.29 is 81.0 Å². The summed E-state index contributed by atoms with van der Waals surface area (Å²) in [5, 5.41) is 11.9. The maximum absolute atomic E-state index is 14.7. The number of ether oxygens (including phenoxy) is 8. The Morgan fingerprint density at radius 3 is 0.805 bits per heavy atom. The summed E-state index contributed by atoms with van der Waals surface area (Å²) in [6.07, 6.45) is 0. The minimum absolute atomic E-state index is 0.0154. The first kappa shape index (κ1) is 74.3. The molecule has 0 aromatic rings. The van der Waals surface area contributed by atoms with Gasteiger partial charge >= 0.3 is 35.8 Å². The molecule has 0 spiro atoms. The first-order valence-corrected chi connectivity index (χ1v) is 28.7. The number of halogens is 6. The van der Waals surface area contributed by atoms with Crippen LogP contribution in [0.1, 0.15) is 104 Å². The molecule has 0 atom stereocenters. The van der Waals surface area contributed by atoms with Gasteiger partial charge in [0.2, 0.25) is 17.7 Å². The highest BCUT2D eigenvalue weighted by molar-refractivity contribution is 9.11.